The summed E-state index contributed by atoms with van der Waals surface area (Å²) < 4.78 is 18.3. The number of hydrogen-bond donors (Lipinski definition) is 1. The van der Waals surface area contributed by atoms with Crippen molar-refractivity contribution in [2.45, 2.75) is 53.7 Å². The van der Waals surface area contributed by atoms with Crippen LogP contribution in [0.4, 0.5) is 10.6 Å². The molecule has 1 N–H and O–H groups in total. The van der Waals surface area contributed by atoms with E-state index in [1.165, 1.54) is 0 Å². The zero-order valence-corrected chi connectivity index (χ0v) is 24.7. The van der Waals surface area contributed by atoms with Crippen LogP contribution >= 0.6 is 0 Å². The average molecular weight is 568 g/mol. The summed E-state index contributed by atoms with van der Waals surface area (Å²) >= 11 is 0. The lowest BCUT2D eigenvalue weighted by molar-refractivity contribution is 0.0635. The van der Waals surface area contributed by atoms with Crippen molar-refractivity contribution >= 4 is 22.8 Å². The largest absolute Gasteiger partial charge is 0.496 e. The molecule has 0 saturated heterocycles. The van der Waals surface area contributed by atoms with Gasteiger partial charge in [0, 0.05) is 35.2 Å². The van der Waals surface area contributed by atoms with Gasteiger partial charge in [0.25, 0.3) is 5.56 Å². The van der Waals surface area contributed by atoms with E-state index in [1.807, 2.05) is 63.2 Å². The van der Waals surface area contributed by atoms with Gasteiger partial charge < -0.3 is 18.6 Å². The van der Waals surface area contributed by atoms with Crippen molar-refractivity contribution in [1.82, 2.24) is 19.7 Å². The Labute approximate surface area is 243 Å². The number of amides is 1. The molecule has 0 aliphatic rings. The summed E-state index contributed by atoms with van der Waals surface area (Å²) in [6, 6.07) is 13.1. The molecule has 4 heterocycles. The van der Waals surface area contributed by atoms with Gasteiger partial charge in [-0.2, -0.15) is 0 Å². The van der Waals surface area contributed by atoms with E-state index in [0.717, 1.165) is 27.9 Å². The van der Waals surface area contributed by atoms with Crippen LogP contribution in [0.25, 0.3) is 33.2 Å². The Kier molecular flexibility index (Phi) is 7.55. The van der Waals surface area contributed by atoms with Crippen molar-refractivity contribution in [3.05, 3.63) is 87.9 Å². The number of carbonyl (C=O) groups is 1. The van der Waals surface area contributed by atoms with Gasteiger partial charge in [-0.3, -0.25) is 15.1 Å². The number of fused-ring (bicyclic) bond motifs is 1. The summed E-state index contributed by atoms with van der Waals surface area (Å²) in [6.45, 7) is 11.2. The van der Waals surface area contributed by atoms with E-state index < -0.39 is 11.7 Å². The highest BCUT2D eigenvalue weighted by atomic mass is 16.6. The van der Waals surface area contributed by atoms with E-state index >= 15 is 0 Å². The molecule has 216 valence electrons. The monoisotopic (exact) mass is 567 g/mol. The predicted octanol–water partition coefficient (Wildman–Crippen LogP) is 6.44. The fourth-order valence-electron chi connectivity index (χ4n) is 4.91. The molecule has 0 aliphatic carbocycles. The number of hydrogen-bond acceptors (Lipinski definition) is 8. The molecule has 0 spiro atoms. The number of ether oxygens (including phenoxy) is 2. The molecule has 0 unspecified atom stereocenters. The van der Waals surface area contributed by atoms with Crippen molar-refractivity contribution in [1.29, 1.82) is 0 Å². The Morgan fingerprint density at radius 3 is 2.43 bits per heavy atom. The summed E-state index contributed by atoms with van der Waals surface area (Å²) in [4.78, 5) is 35.3. The molecule has 5 rings (SSSR count). The summed E-state index contributed by atoms with van der Waals surface area (Å²) in [5.41, 5.74) is 4.69. The van der Waals surface area contributed by atoms with Crippen LogP contribution < -0.4 is 15.6 Å². The Morgan fingerprint density at radius 2 is 1.81 bits per heavy atom. The molecule has 4 aromatic heterocycles. The number of aromatic nitrogens is 4. The summed E-state index contributed by atoms with van der Waals surface area (Å²) in [5, 5.41) is 7.61. The zero-order valence-electron chi connectivity index (χ0n) is 24.7. The van der Waals surface area contributed by atoms with E-state index in [9.17, 15) is 9.59 Å². The molecule has 1 amide bonds. The highest BCUT2D eigenvalue weighted by Gasteiger charge is 2.21. The van der Waals surface area contributed by atoms with Crippen molar-refractivity contribution < 1.29 is 18.8 Å². The molecule has 10 nitrogen and oxygen atoms in total. The Morgan fingerprint density at radius 1 is 1.05 bits per heavy atom. The topological polar surface area (TPSA) is 121 Å². The average Bonchev–Trinajstić information content (AvgIpc) is 3.27. The fourth-order valence-corrected chi connectivity index (χ4v) is 4.91. The normalized spacial score (nSPS) is 11.5. The van der Waals surface area contributed by atoms with E-state index in [-0.39, 0.29) is 12.1 Å². The summed E-state index contributed by atoms with van der Waals surface area (Å²) in [5.74, 6) is 1.61. The molecule has 1 aromatic carbocycles. The highest BCUT2D eigenvalue weighted by molar-refractivity contribution is 5.92. The SMILES string of the molecule is COc1cc2c(cc1-c1c(C)noc1C)cc(-c1cnc(NC(=O)OC(C)(C)C)c(C)c1)c(=O)n2Cc1ccccn1. The third-order valence-electron chi connectivity index (χ3n) is 6.77. The third kappa shape index (κ3) is 5.74. The van der Waals surface area contributed by atoms with Crippen LogP contribution in [0.5, 0.6) is 5.75 Å². The number of rotatable bonds is 6. The molecule has 0 aliphatic heterocycles. The quantitative estimate of drug-likeness (QED) is 0.249. The number of carbonyl (C=O) groups excluding carboxylic acids is 1. The van der Waals surface area contributed by atoms with Gasteiger partial charge in [-0.15, -0.1) is 0 Å². The molecular formula is C32H33N5O5. The van der Waals surface area contributed by atoms with Gasteiger partial charge in [-0.05, 0) is 82.8 Å². The summed E-state index contributed by atoms with van der Waals surface area (Å²) in [7, 11) is 1.60. The maximum absolute atomic E-state index is 14.1. The minimum absolute atomic E-state index is 0.214. The van der Waals surface area contributed by atoms with Gasteiger partial charge in [0.2, 0.25) is 0 Å². The Hall–Kier alpha value is -4.99. The number of benzene rings is 1. The first kappa shape index (κ1) is 28.5. The number of nitrogens with zero attached hydrogens (tertiary/aromatic N) is 4. The van der Waals surface area contributed by atoms with Crippen LogP contribution in [0.3, 0.4) is 0 Å². The number of nitrogens with one attached hydrogen (secondary N) is 1. The van der Waals surface area contributed by atoms with Gasteiger partial charge >= 0.3 is 6.09 Å². The molecule has 0 fully saturated rings. The summed E-state index contributed by atoms with van der Waals surface area (Å²) in [6.07, 6.45) is 2.67. The smallest absolute Gasteiger partial charge is 0.413 e. The number of aryl methyl sites for hydroxylation is 3. The van der Waals surface area contributed by atoms with Gasteiger partial charge in [-0.1, -0.05) is 11.2 Å². The Balaban J connectivity index is 1.68. The van der Waals surface area contributed by atoms with Crippen molar-refractivity contribution in [2.75, 3.05) is 12.4 Å². The van der Waals surface area contributed by atoms with Crippen LogP contribution in [-0.2, 0) is 11.3 Å². The molecule has 0 bridgehead atoms. The maximum atomic E-state index is 14.1. The van der Waals surface area contributed by atoms with Gasteiger partial charge in [-0.25, -0.2) is 9.78 Å². The zero-order chi connectivity index (χ0) is 30.2. The second-order valence-electron chi connectivity index (χ2n) is 11.1. The second kappa shape index (κ2) is 11.1. The van der Waals surface area contributed by atoms with Crippen molar-refractivity contribution in [2.24, 2.45) is 0 Å². The van der Waals surface area contributed by atoms with Crippen LogP contribution in [0.2, 0.25) is 0 Å². The lowest BCUT2D eigenvalue weighted by atomic mass is 9.98. The van der Waals surface area contributed by atoms with Crippen molar-refractivity contribution in [3.8, 4) is 28.0 Å². The molecular weight excluding hydrogens is 534 g/mol. The first-order chi connectivity index (χ1) is 19.9. The molecule has 0 saturated carbocycles. The van der Waals surface area contributed by atoms with Gasteiger partial charge in [0.05, 0.1) is 36.1 Å². The number of pyridine rings is 3. The maximum Gasteiger partial charge on any atom is 0.413 e. The lowest BCUT2D eigenvalue weighted by Gasteiger charge is -2.20. The van der Waals surface area contributed by atoms with Crippen LogP contribution in [0.15, 0.2) is 64.2 Å². The number of anilines is 1. The first-order valence-electron chi connectivity index (χ1n) is 13.5. The lowest BCUT2D eigenvalue weighted by Crippen LogP contribution is -2.27. The minimum Gasteiger partial charge on any atom is -0.496 e. The number of methoxy groups -OCH3 is 1. The van der Waals surface area contributed by atoms with E-state index in [4.69, 9.17) is 14.0 Å². The predicted molar refractivity (Wildman–Crippen MR) is 161 cm³/mol. The van der Waals surface area contributed by atoms with E-state index in [0.29, 0.717) is 39.5 Å². The van der Waals surface area contributed by atoms with Crippen LogP contribution in [0, 0.1) is 20.8 Å². The first-order valence-corrected chi connectivity index (χ1v) is 13.5. The minimum atomic E-state index is -0.646. The molecule has 0 radical (unpaired) electrons. The van der Waals surface area contributed by atoms with Gasteiger partial charge in [0.15, 0.2) is 0 Å². The molecule has 5 aromatic rings. The molecule has 10 heteroatoms. The van der Waals surface area contributed by atoms with Gasteiger partial charge in [0.1, 0.15) is 22.9 Å². The highest BCUT2D eigenvalue weighted by Crippen LogP contribution is 2.38. The van der Waals surface area contributed by atoms with E-state index in [1.54, 1.807) is 44.8 Å². The molecule has 0 atom stereocenters. The van der Waals surface area contributed by atoms with Crippen molar-refractivity contribution in [3.63, 3.8) is 0 Å². The van der Waals surface area contributed by atoms with Crippen LogP contribution in [0.1, 0.15) is 43.5 Å². The standard InChI is InChI=1S/C32H33N5O5/c1-18-12-22(16-34-29(18)35-31(39)41-32(4,5)6)24-13-21-14-25(28-19(2)36-42-20(28)3)27(40-7)15-26(21)37(30(24)38)17-23-10-8-9-11-33-23/h8-16H,17H2,1-7H3,(H,34,35,39). The molecule has 42 heavy (non-hydrogen) atoms. The third-order valence-corrected chi connectivity index (χ3v) is 6.77. The second-order valence-corrected chi connectivity index (χ2v) is 11.1. The fraction of sp³-hybridized carbons (Fsp3) is 0.281. The van der Waals surface area contributed by atoms with E-state index in [2.05, 4.69) is 20.4 Å². The van der Waals surface area contributed by atoms with Crippen LogP contribution in [-0.4, -0.2) is 38.5 Å². The Bertz CT molecular complexity index is 1830.